The van der Waals surface area contributed by atoms with Gasteiger partial charge in [-0.1, -0.05) is 76.6 Å². The van der Waals surface area contributed by atoms with Crippen LogP contribution in [0.1, 0.15) is 15.9 Å². The molecule has 1 aliphatic heterocycles. The summed E-state index contributed by atoms with van der Waals surface area (Å²) in [5.74, 6) is 0.0846. The Balaban J connectivity index is 1.39. The highest BCUT2D eigenvalue weighted by molar-refractivity contribution is 9.10. The minimum atomic E-state index is 0.0846. The summed E-state index contributed by atoms with van der Waals surface area (Å²) in [4.78, 5) is 22.8. The molecule has 0 saturated carbocycles. The van der Waals surface area contributed by atoms with E-state index in [-0.39, 0.29) is 5.91 Å². The second-order valence-electron chi connectivity index (χ2n) is 8.13. The molecule has 2 heterocycles. The van der Waals surface area contributed by atoms with Crippen molar-refractivity contribution in [2.75, 3.05) is 26.2 Å². The molecule has 32 heavy (non-hydrogen) atoms. The number of hydrogen-bond acceptors (Lipinski definition) is 3. The van der Waals surface area contributed by atoms with Gasteiger partial charge in [-0.15, -0.1) is 0 Å². The van der Waals surface area contributed by atoms with Gasteiger partial charge in [0.15, 0.2) is 0 Å². The van der Waals surface area contributed by atoms with E-state index in [0.29, 0.717) is 0 Å². The molecule has 160 valence electrons. The molecule has 0 atom stereocenters. The topological polar surface area (TPSA) is 36.4 Å². The van der Waals surface area contributed by atoms with E-state index in [1.54, 1.807) is 0 Å². The predicted octanol–water partition coefficient (Wildman–Crippen LogP) is 5.62. The zero-order valence-electron chi connectivity index (χ0n) is 17.7. The number of fused-ring (bicyclic) bond motifs is 1. The molecule has 0 unspecified atom stereocenters. The molecule has 0 spiro atoms. The van der Waals surface area contributed by atoms with Crippen molar-refractivity contribution in [2.24, 2.45) is 0 Å². The number of carbonyl (C=O) groups is 1. The fourth-order valence-corrected chi connectivity index (χ4v) is 4.51. The maximum Gasteiger partial charge on any atom is 0.254 e. The summed E-state index contributed by atoms with van der Waals surface area (Å²) in [6, 6.07) is 28.4. The molecule has 0 aliphatic carbocycles. The van der Waals surface area contributed by atoms with Crippen LogP contribution in [0, 0.1) is 0 Å². The van der Waals surface area contributed by atoms with Crippen LogP contribution < -0.4 is 0 Å². The Kier molecular flexibility index (Phi) is 6.02. The number of piperazine rings is 1. The summed E-state index contributed by atoms with van der Waals surface area (Å²) in [5, 5.41) is 0.907. The van der Waals surface area contributed by atoms with Crippen molar-refractivity contribution in [1.82, 2.24) is 14.8 Å². The molecular weight excluding hydrogens is 462 g/mol. The number of halogens is 1. The van der Waals surface area contributed by atoms with Crippen molar-refractivity contribution in [3.63, 3.8) is 0 Å². The highest BCUT2D eigenvalue weighted by atomic mass is 79.9. The Morgan fingerprint density at radius 1 is 0.844 bits per heavy atom. The van der Waals surface area contributed by atoms with Gasteiger partial charge in [-0.05, 0) is 29.8 Å². The Morgan fingerprint density at radius 2 is 1.53 bits per heavy atom. The first-order valence-electron chi connectivity index (χ1n) is 10.9. The van der Waals surface area contributed by atoms with Crippen LogP contribution in [-0.4, -0.2) is 46.9 Å². The Labute approximate surface area is 196 Å². The highest BCUT2D eigenvalue weighted by Gasteiger charge is 2.24. The molecule has 3 aromatic carbocycles. The largest absolute Gasteiger partial charge is 0.336 e. The van der Waals surface area contributed by atoms with Crippen molar-refractivity contribution in [3.05, 3.63) is 101 Å². The van der Waals surface area contributed by atoms with Crippen LogP contribution in [0.4, 0.5) is 0 Å². The monoisotopic (exact) mass is 485 g/mol. The molecule has 1 amide bonds. The van der Waals surface area contributed by atoms with Gasteiger partial charge in [0.05, 0.1) is 16.8 Å². The van der Waals surface area contributed by atoms with Gasteiger partial charge in [0, 0.05) is 48.1 Å². The number of amides is 1. The number of rotatable bonds is 4. The lowest BCUT2D eigenvalue weighted by Gasteiger charge is -2.35. The third-order valence-electron chi connectivity index (χ3n) is 6.00. The van der Waals surface area contributed by atoms with Crippen molar-refractivity contribution in [2.45, 2.75) is 6.54 Å². The van der Waals surface area contributed by atoms with E-state index in [9.17, 15) is 4.79 Å². The summed E-state index contributed by atoms with van der Waals surface area (Å²) >= 11 is 3.49. The van der Waals surface area contributed by atoms with Gasteiger partial charge in [0.25, 0.3) is 5.91 Å². The van der Waals surface area contributed by atoms with E-state index in [2.05, 4.69) is 45.1 Å². The third kappa shape index (κ3) is 4.45. The van der Waals surface area contributed by atoms with Crippen LogP contribution in [0.5, 0.6) is 0 Å². The summed E-state index contributed by atoms with van der Waals surface area (Å²) in [7, 11) is 0. The standard InChI is InChI=1S/C27H24BrN3O/c28-22-12-10-21(11-13-22)26-18-24(23-8-4-5-9-25(23)29-26)27(32)31-16-14-30(15-17-31)19-20-6-2-1-3-7-20/h1-13,18H,14-17,19H2. The van der Waals surface area contributed by atoms with E-state index >= 15 is 0 Å². The number of benzene rings is 3. The molecule has 5 heteroatoms. The van der Waals surface area contributed by atoms with Crippen molar-refractivity contribution in [1.29, 1.82) is 0 Å². The average Bonchev–Trinajstić information content (AvgIpc) is 2.84. The summed E-state index contributed by atoms with van der Waals surface area (Å²) in [6.45, 7) is 4.15. The van der Waals surface area contributed by atoms with Gasteiger partial charge in [-0.3, -0.25) is 9.69 Å². The minimum absolute atomic E-state index is 0.0846. The molecule has 1 fully saturated rings. The first-order valence-corrected chi connectivity index (χ1v) is 11.7. The van der Waals surface area contributed by atoms with Gasteiger partial charge in [-0.2, -0.15) is 0 Å². The van der Waals surface area contributed by atoms with Crippen LogP contribution in [0.2, 0.25) is 0 Å². The number of nitrogens with zero attached hydrogens (tertiary/aromatic N) is 3. The normalized spacial score (nSPS) is 14.6. The van der Waals surface area contributed by atoms with E-state index in [1.165, 1.54) is 5.56 Å². The van der Waals surface area contributed by atoms with Crippen LogP contribution >= 0.6 is 15.9 Å². The lowest BCUT2D eigenvalue weighted by Crippen LogP contribution is -2.48. The van der Waals surface area contributed by atoms with Gasteiger partial charge in [0.2, 0.25) is 0 Å². The predicted molar refractivity (Wildman–Crippen MR) is 133 cm³/mol. The third-order valence-corrected chi connectivity index (χ3v) is 6.52. The van der Waals surface area contributed by atoms with Gasteiger partial charge < -0.3 is 4.90 Å². The molecule has 1 aliphatic rings. The Hall–Kier alpha value is -3.02. The van der Waals surface area contributed by atoms with Crippen LogP contribution in [0.25, 0.3) is 22.2 Å². The van der Waals surface area contributed by atoms with Crippen molar-refractivity contribution >= 4 is 32.7 Å². The highest BCUT2D eigenvalue weighted by Crippen LogP contribution is 2.27. The second kappa shape index (κ2) is 9.23. The Morgan fingerprint density at radius 3 is 2.28 bits per heavy atom. The van der Waals surface area contributed by atoms with E-state index in [4.69, 9.17) is 4.98 Å². The Bertz CT molecular complexity index is 1230. The number of hydrogen-bond donors (Lipinski definition) is 0. The van der Waals surface area contributed by atoms with E-state index in [1.807, 2.05) is 65.6 Å². The number of carbonyl (C=O) groups excluding carboxylic acids is 1. The molecule has 4 nitrogen and oxygen atoms in total. The van der Waals surface area contributed by atoms with E-state index < -0.39 is 0 Å². The smallest absolute Gasteiger partial charge is 0.254 e. The van der Waals surface area contributed by atoms with Crippen LogP contribution in [-0.2, 0) is 6.54 Å². The lowest BCUT2D eigenvalue weighted by molar-refractivity contribution is 0.0630. The molecule has 5 rings (SSSR count). The van der Waals surface area contributed by atoms with Crippen molar-refractivity contribution in [3.8, 4) is 11.3 Å². The first-order chi connectivity index (χ1) is 15.7. The number of pyridine rings is 1. The van der Waals surface area contributed by atoms with E-state index in [0.717, 1.165) is 64.9 Å². The molecule has 1 saturated heterocycles. The maximum absolute atomic E-state index is 13.6. The lowest BCUT2D eigenvalue weighted by atomic mass is 10.0. The molecule has 1 aromatic heterocycles. The van der Waals surface area contributed by atoms with Gasteiger partial charge in [-0.25, -0.2) is 4.98 Å². The van der Waals surface area contributed by atoms with Crippen LogP contribution in [0.15, 0.2) is 89.4 Å². The van der Waals surface area contributed by atoms with Crippen LogP contribution in [0.3, 0.4) is 0 Å². The molecule has 4 aromatic rings. The molecule has 0 N–H and O–H groups in total. The average molecular weight is 486 g/mol. The second-order valence-corrected chi connectivity index (χ2v) is 9.05. The first kappa shape index (κ1) is 20.9. The quantitative estimate of drug-likeness (QED) is 0.376. The minimum Gasteiger partial charge on any atom is -0.336 e. The van der Waals surface area contributed by atoms with Gasteiger partial charge in [0.1, 0.15) is 0 Å². The summed E-state index contributed by atoms with van der Waals surface area (Å²) in [6.07, 6.45) is 0. The van der Waals surface area contributed by atoms with Crippen molar-refractivity contribution < 1.29 is 4.79 Å². The zero-order chi connectivity index (χ0) is 21.9. The number of para-hydroxylation sites is 1. The fourth-order valence-electron chi connectivity index (χ4n) is 4.24. The van der Waals surface area contributed by atoms with Gasteiger partial charge >= 0.3 is 0 Å². The molecule has 0 radical (unpaired) electrons. The fraction of sp³-hybridized carbons (Fsp3) is 0.185. The molecular formula is C27H24BrN3O. The zero-order valence-corrected chi connectivity index (χ0v) is 19.3. The summed E-state index contributed by atoms with van der Waals surface area (Å²) < 4.78 is 1.02. The maximum atomic E-state index is 13.6. The molecule has 0 bridgehead atoms. The SMILES string of the molecule is O=C(c1cc(-c2ccc(Br)cc2)nc2ccccc12)N1CCN(Cc2ccccc2)CC1. The number of aromatic nitrogens is 1. The summed E-state index contributed by atoms with van der Waals surface area (Å²) in [5.41, 5.74) is 4.71.